The minimum atomic E-state index is -3.77. The zero-order valence-corrected chi connectivity index (χ0v) is 17.5. The van der Waals surface area contributed by atoms with Gasteiger partial charge >= 0.3 is 20.2 Å². The van der Waals surface area contributed by atoms with Crippen LogP contribution in [0.15, 0.2) is 10.3 Å². The predicted octanol–water partition coefficient (Wildman–Crippen LogP) is 2.63. The molecule has 0 fully saturated rings. The van der Waals surface area contributed by atoms with Crippen LogP contribution in [0.25, 0.3) is 0 Å². The fourth-order valence-corrected chi connectivity index (χ4v) is 4.28. The molecule has 0 saturated carbocycles. The number of rotatable bonds is 10. The van der Waals surface area contributed by atoms with Gasteiger partial charge in [0.1, 0.15) is 0 Å². The van der Waals surface area contributed by atoms with Crippen molar-refractivity contribution in [2.75, 3.05) is 24.0 Å². The predicted molar refractivity (Wildman–Crippen MR) is 101 cm³/mol. The van der Waals surface area contributed by atoms with Crippen molar-refractivity contribution in [2.24, 2.45) is 10.3 Å². The lowest BCUT2D eigenvalue weighted by Gasteiger charge is -2.06. The summed E-state index contributed by atoms with van der Waals surface area (Å²) in [5.41, 5.74) is 0. The van der Waals surface area contributed by atoms with Crippen LogP contribution in [-0.2, 0) is 28.8 Å². The number of hydrogen-bond acceptors (Lipinski definition) is 10. The Morgan fingerprint density at radius 3 is 1.38 bits per heavy atom. The normalized spacial score (nSPS) is 13.8. The van der Waals surface area contributed by atoms with Crippen molar-refractivity contribution in [1.82, 2.24) is 0 Å². The quantitative estimate of drug-likeness (QED) is 0.301. The summed E-state index contributed by atoms with van der Waals surface area (Å²) in [4.78, 5) is 0. The molecule has 12 heteroatoms. The van der Waals surface area contributed by atoms with Gasteiger partial charge in [0.2, 0.25) is 0 Å². The molecule has 0 N–H and O–H groups in total. The molecule has 0 amide bonds. The molecule has 0 aliphatic heterocycles. The molecule has 0 radical (unpaired) electrons. The van der Waals surface area contributed by atoms with Crippen molar-refractivity contribution >= 4 is 53.8 Å². The minimum absolute atomic E-state index is 0.119. The first-order valence-electron chi connectivity index (χ1n) is 7.28. The van der Waals surface area contributed by atoms with Gasteiger partial charge in [0.25, 0.3) is 0 Å². The molecule has 0 atom stereocenters. The molecular weight excluding hydrogens is 396 g/mol. The largest absolute Gasteiger partial charge is 0.328 e. The molecule has 0 saturated heterocycles. The van der Waals surface area contributed by atoms with E-state index >= 15 is 0 Å². The molecule has 0 aromatic rings. The Morgan fingerprint density at radius 1 is 0.792 bits per heavy atom. The number of nitrogens with zero attached hydrogens (tertiary/aromatic N) is 2. The highest BCUT2D eigenvalue weighted by atomic mass is 32.2. The highest BCUT2D eigenvalue weighted by molar-refractivity contribution is 8.24. The molecule has 142 valence electrons. The maximum absolute atomic E-state index is 11.6. The number of oxime groups is 2. The van der Waals surface area contributed by atoms with Gasteiger partial charge in [-0.3, -0.25) is 8.57 Å². The van der Waals surface area contributed by atoms with Crippen molar-refractivity contribution < 1.29 is 25.4 Å². The third-order valence-electron chi connectivity index (χ3n) is 2.53. The van der Waals surface area contributed by atoms with E-state index in [1.807, 2.05) is 13.8 Å². The molecule has 8 nitrogen and oxygen atoms in total. The molecular formula is C12H24N2O6S4. The number of thioether (sulfide) groups is 2. The summed E-state index contributed by atoms with van der Waals surface area (Å²) >= 11 is 2.14. The fourth-order valence-electron chi connectivity index (χ4n) is 1.23. The Labute approximate surface area is 153 Å². The SMILES string of the molecule is CCCCS(=O)(=O)ON=C(SC)C(=NOS(=O)(=O)CCCC)SC. The lowest BCUT2D eigenvalue weighted by molar-refractivity contribution is 0.335. The maximum Gasteiger partial charge on any atom is 0.328 e. The van der Waals surface area contributed by atoms with Crippen LogP contribution < -0.4 is 0 Å². The lowest BCUT2D eigenvalue weighted by atomic mass is 10.4. The molecule has 0 aromatic carbocycles. The average Bonchev–Trinajstić information content (AvgIpc) is 2.54. The van der Waals surface area contributed by atoms with E-state index in [4.69, 9.17) is 0 Å². The molecule has 0 rings (SSSR count). The van der Waals surface area contributed by atoms with E-state index in [9.17, 15) is 16.8 Å². The minimum Gasteiger partial charge on any atom is -0.267 e. The van der Waals surface area contributed by atoms with Gasteiger partial charge in [0, 0.05) is 0 Å². The van der Waals surface area contributed by atoms with Gasteiger partial charge in [-0.05, 0) is 25.4 Å². The molecule has 0 spiro atoms. The van der Waals surface area contributed by atoms with E-state index in [1.54, 1.807) is 12.5 Å². The second-order valence-electron chi connectivity index (χ2n) is 4.58. The van der Waals surface area contributed by atoms with E-state index < -0.39 is 20.2 Å². The highest BCUT2D eigenvalue weighted by Gasteiger charge is 2.16. The van der Waals surface area contributed by atoms with Gasteiger partial charge in [-0.2, -0.15) is 16.8 Å². The number of hydrogen-bond donors (Lipinski definition) is 0. The third-order valence-corrected chi connectivity index (χ3v) is 6.15. The molecule has 0 aliphatic rings. The molecule has 0 bridgehead atoms. The fraction of sp³-hybridized carbons (Fsp3) is 0.833. The third kappa shape index (κ3) is 10.4. The van der Waals surface area contributed by atoms with Gasteiger partial charge in [-0.25, -0.2) is 0 Å². The molecule has 0 aromatic heterocycles. The maximum atomic E-state index is 11.6. The first-order chi connectivity index (χ1) is 11.2. The monoisotopic (exact) mass is 420 g/mol. The van der Waals surface area contributed by atoms with Crippen LogP contribution in [-0.4, -0.2) is 50.9 Å². The van der Waals surface area contributed by atoms with Crippen molar-refractivity contribution in [3.63, 3.8) is 0 Å². The van der Waals surface area contributed by atoms with Crippen molar-refractivity contribution in [3.05, 3.63) is 0 Å². The van der Waals surface area contributed by atoms with Crippen molar-refractivity contribution in [1.29, 1.82) is 0 Å². The van der Waals surface area contributed by atoms with Crippen LogP contribution in [0.1, 0.15) is 39.5 Å². The van der Waals surface area contributed by atoms with E-state index in [0.717, 1.165) is 23.5 Å². The summed E-state index contributed by atoms with van der Waals surface area (Å²) < 4.78 is 55.8. The second-order valence-corrected chi connectivity index (χ2v) is 9.52. The lowest BCUT2D eigenvalue weighted by Crippen LogP contribution is -2.14. The van der Waals surface area contributed by atoms with E-state index in [-0.39, 0.29) is 21.6 Å². The molecule has 24 heavy (non-hydrogen) atoms. The van der Waals surface area contributed by atoms with Crippen molar-refractivity contribution in [3.8, 4) is 0 Å². The van der Waals surface area contributed by atoms with E-state index in [1.165, 1.54) is 0 Å². The van der Waals surface area contributed by atoms with Crippen molar-refractivity contribution in [2.45, 2.75) is 39.5 Å². The summed E-state index contributed by atoms with van der Waals surface area (Å²) in [6, 6.07) is 0. The zero-order valence-electron chi connectivity index (χ0n) is 14.2. The van der Waals surface area contributed by atoms with Gasteiger partial charge in [-0.1, -0.05) is 37.0 Å². The van der Waals surface area contributed by atoms with E-state index in [2.05, 4.69) is 18.9 Å². The smallest absolute Gasteiger partial charge is 0.267 e. The average molecular weight is 421 g/mol. The standard InChI is InChI=1S/C12H24N2O6S4/c1-5-7-9-23(15,16)19-13-11(21-3)12(22-4)14-20-24(17,18)10-8-6-2/h5-10H2,1-4H3. The summed E-state index contributed by atoms with van der Waals surface area (Å²) in [6.45, 7) is 3.72. The Bertz CT molecular complexity index is 572. The van der Waals surface area contributed by atoms with Crippen LogP contribution in [0.4, 0.5) is 0 Å². The van der Waals surface area contributed by atoms with Gasteiger partial charge < -0.3 is 0 Å². The summed E-state index contributed by atoms with van der Waals surface area (Å²) in [7, 11) is -7.54. The molecule has 0 aliphatic carbocycles. The topological polar surface area (TPSA) is 111 Å². The van der Waals surface area contributed by atoms with Gasteiger partial charge in [0.15, 0.2) is 10.1 Å². The van der Waals surface area contributed by atoms with E-state index in [0.29, 0.717) is 25.7 Å². The van der Waals surface area contributed by atoms with Crippen LogP contribution in [0.3, 0.4) is 0 Å². The molecule has 0 heterocycles. The summed E-state index contributed by atoms with van der Waals surface area (Å²) in [5.74, 6) is -0.273. The summed E-state index contributed by atoms with van der Waals surface area (Å²) in [5, 5.41) is 7.37. The van der Waals surface area contributed by atoms with Crippen LogP contribution >= 0.6 is 23.5 Å². The highest BCUT2D eigenvalue weighted by Crippen LogP contribution is 2.13. The van der Waals surface area contributed by atoms with Gasteiger partial charge in [0.05, 0.1) is 11.5 Å². The Morgan fingerprint density at radius 2 is 1.12 bits per heavy atom. The Kier molecular flexibility index (Phi) is 11.8. The second kappa shape index (κ2) is 12.0. The Hall–Kier alpha value is -0.460. The molecule has 0 unspecified atom stereocenters. The van der Waals surface area contributed by atoms with Crippen LogP contribution in [0.2, 0.25) is 0 Å². The Balaban J connectivity index is 5.09. The summed E-state index contributed by atoms with van der Waals surface area (Å²) in [6.07, 6.45) is 5.63. The zero-order chi connectivity index (χ0) is 18.6. The van der Waals surface area contributed by atoms with Crippen LogP contribution in [0.5, 0.6) is 0 Å². The number of unbranched alkanes of at least 4 members (excludes halogenated alkanes) is 2. The van der Waals surface area contributed by atoms with Crippen LogP contribution in [0, 0.1) is 0 Å². The van der Waals surface area contributed by atoms with Gasteiger partial charge in [-0.15, -0.1) is 23.5 Å². The first-order valence-corrected chi connectivity index (χ1v) is 12.9. The first kappa shape index (κ1) is 23.5.